The Morgan fingerprint density at radius 1 is 1.24 bits per heavy atom. The molecule has 0 saturated carbocycles. The van der Waals surface area contributed by atoms with Crippen LogP contribution in [0.1, 0.15) is 31.4 Å². The number of aromatic nitrogens is 3. The van der Waals surface area contributed by atoms with Crippen molar-refractivity contribution in [3.05, 3.63) is 97.1 Å². The first kappa shape index (κ1) is 26.0. The predicted octanol–water partition coefficient (Wildman–Crippen LogP) is 5.34. The van der Waals surface area contributed by atoms with Crippen LogP contribution in [0.3, 0.4) is 0 Å². The van der Waals surface area contributed by atoms with E-state index in [0.29, 0.717) is 20.8 Å². The number of alkyl halides is 1. The lowest BCUT2D eigenvalue weighted by atomic mass is 10.1. The first-order chi connectivity index (χ1) is 17.6. The number of rotatable bonds is 5. The topological polar surface area (TPSA) is 85.2 Å². The number of halogens is 3. The number of carbonyl (C=O) groups is 1. The number of aryl methyl sites for hydroxylation is 1. The Kier molecular flexibility index (Phi) is 6.99. The molecule has 37 heavy (non-hydrogen) atoms. The molecule has 5 rings (SSSR count). The summed E-state index contributed by atoms with van der Waals surface area (Å²) in [5.41, 5.74) is 3.07. The number of amides is 1. The highest BCUT2D eigenvalue weighted by Crippen LogP contribution is 2.40. The van der Waals surface area contributed by atoms with E-state index in [1.807, 2.05) is 37.4 Å². The van der Waals surface area contributed by atoms with Crippen LogP contribution in [0, 0.1) is 6.92 Å². The van der Waals surface area contributed by atoms with Crippen molar-refractivity contribution in [2.75, 3.05) is 18.8 Å². The summed E-state index contributed by atoms with van der Waals surface area (Å²) >= 11 is 10.4. The van der Waals surface area contributed by atoms with Crippen LogP contribution in [0.15, 0.2) is 65.5 Å². The maximum Gasteiger partial charge on any atom is 0.278 e. The third-order valence-electron chi connectivity index (χ3n) is 6.16. The Balaban J connectivity index is 1.42. The molecule has 0 bridgehead atoms. The highest BCUT2D eigenvalue weighted by atomic mass is 79.9. The number of para-hydroxylation sites is 1. The minimum Gasteiger partial charge on any atom is -0.333 e. The maximum absolute atomic E-state index is 16.4. The van der Waals surface area contributed by atoms with E-state index in [1.54, 1.807) is 23.0 Å². The minimum absolute atomic E-state index is 0.116. The second-order valence-electron chi connectivity index (χ2n) is 8.80. The zero-order chi connectivity index (χ0) is 26.4. The van der Waals surface area contributed by atoms with E-state index in [2.05, 4.69) is 26.0 Å². The van der Waals surface area contributed by atoms with Gasteiger partial charge in [-0.3, -0.25) is 4.79 Å². The largest absolute Gasteiger partial charge is 0.333 e. The van der Waals surface area contributed by atoms with Gasteiger partial charge in [-0.05, 0) is 58.2 Å². The molecule has 192 valence electrons. The van der Waals surface area contributed by atoms with Gasteiger partial charge in [-0.1, -0.05) is 29.8 Å². The second-order valence-corrected chi connectivity index (χ2v) is 13.5. The van der Waals surface area contributed by atoms with Gasteiger partial charge in [0.05, 0.1) is 29.2 Å². The van der Waals surface area contributed by atoms with Gasteiger partial charge < -0.3 is 4.90 Å². The van der Waals surface area contributed by atoms with E-state index in [0.717, 1.165) is 28.2 Å². The fourth-order valence-electron chi connectivity index (χ4n) is 4.18. The Bertz CT molecular complexity index is 1610. The monoisotopic (exact) mass is 622 g/mol. The zero-order valence-electron chi connectivity index (χ0n) is 19.6. The molecule has 0 unspecified atom stereocenters. The van der Waals surface area contributed by atoms with Crippen LogP contribution >= 0.6 is 38.9 Å². The maximum atomic E-state index is 16.4. The lowest BCUT2D eigenvalue weighted by Gasteiger charge is -2.35. The zero-order valence-corrected chi connectivity index (χ0v) is 23.5. The van der Waals surface area contributed by atoms with Crippen molar-refractivity contribution in [3.8, 4) is 5.69 Å². The molecule has 0 N–H and O–H groups in total. The van der Waals surface area contributed by atoms with Crippen LogP contribution in [0.2, 0.25) is 5.02 Å². The van der Waals surface area contributed by atoms with Gasteiger partial charge in [0.15, 0.2) is 9.84 Å². The molecule has 0 spiro atoms. The van der Waals surface area contributed by atoms with E-state index in [9.17, 15) is 13.2 Å². The predicted molar refractivity (Wildman–Crippen MR) is 145 cm³/mol. The third kappa shape index (κ3) is 4.97. The first-order valence-electron chi connectivity index (χ1n) is 11.3. The molecular weight excluding hydrogens is 603 g/mol. The molecule has 0 aliphatic carbocycles. The Hall–Kier alpha value is -2.60. The fraction of sp³-hybridized carbons (Fsp3) is 0.240. The van der Waals surface area contributed by atoms with E-state index >= 15 is 4.39 Å². The van der Waals surface area contributed by atoms with Crippen molar-refractivity contribution >= 4 is 54.6 Å². The molecular formula is C25H21BrClFN4O3S2. The minimum atomic E-state index is -4.21. The number of benzene rings is 2. The smallest absolute Gasteiger partial charge is 0.278 e. The summed E-state index contributed by atoms with van der Waals surface area (Å²) in [6, 6.07) is 12.3. The summed E-state index contributed by atoms with van der Waals surface area (Å²) in [7, 11) is -4.21. The summed E-state index contributed by atoms with van der Waals surface area (Å²) < 4.78 is 44.6. The van der Waals surface area contributed by atoms with Gasteiger partial charge in [-0.15, -0.1) is 11.3 Å². The molecule has 2 aromatic heterocycles. The molecule has 1 fully saturated rings. The van der Waals surface area contributed by atoms with E-state index in [4.69, 9.17) is 11.6 Å². The quantitative estimate of drug-likeness (QED) is 0.300. The number of nitrogens with zero attached hydrogens (tertiary/aromatic N) is 4. The highest BCUT2D eigenvalue weighted by Gasteiger charge is 2.53. The van der Waals surface area contributed by atoms with Crippen LogP contribution in [-0.4, -0.2) is 52.8 Å². The van der Waals surface area contributed by atoms with E-state index < -0.39 is 33.0 Å². The second kappa shape index (κ2) is 9.94. The standard InChI is InChI=1S/C25H21BrClFN4O3S2/c1-16-12-30-32(14-16)22-5-3-2-4-17(22)10-19-13-29-24(36-19)25(28)15-31(8-9-37(25,34)35)23(33)18-6-7-20(26)21(27)11-18/h2-7,11-14H,8-10,15H2,1H3/t25-/m1/s1. The summed E-state index contributed by atoms with van der Waals surface area (Å²) in [4.78, 5) is 19.2. The summed E-state index contributed by atoms with van der Waals surface area (Å²) in [5, 5.41) is 1.72. The summed E-state index contributed by atoms with van der Waals surface area (Å²) in [5.74, 6) is -0.998. The van der Waals surface area contributed by atoms with Gasteiger partial charge in [0.25, 0.3) is 10.9 Å². The molecule has 3 heterocycles. The van der Waals surface area contributed by atoms with Gasteiger partial charge in [0.2, 0.25) is 0 Å². The normalized spacial score (nSPS) is 19.2. The van der Waals surface area contributed by atoms with Crippen molar-refractivity contribution in [2.24, 2.45) is 0 Å². The molecule has 7 nitrogen and oxygen atoms in total. The van der Waals surface area contributed by atoms with E-state index in [-0.39, 0.29) is 17.1 Å². The third-order valence-corrected chi connectivity index (χ3v) is 10.7. The average molecular weight is 624 g/mol. The van der Waals surface area contributed by atoms with E-state index in [1.165, 1.54) is 17.2 Å². The molecule has 1 aliphatic heterocycles. The SMILES string of the molecule is Cc1cnn(-c2ccccc2Cc2cnc([C@@]3(F)CN(C(=O)c4ccc(Br)c(Cl)c4)CCS3(=O)=O)s2)c1. The van der Waals surface area contributed by atoms with Gasteiger partial charge in [-0.2, -0.15) is 5.10 Å². The molecule has 1 saturated heterocycles. The number of hydrogen-bond donors (Lipinski definition) is 0. The summed E-state index contributed by atoms with van der Waals surface area (Å²) in [6.07, 6.45) is 5.59. The Morgan fingerprint density at radius 2 is 2.03 bits per heavy atom. The van der Waals surface area contributed by atoms with Crippen LogP contribution in [0.4, 0.5) is 4.39 Å². The van der Waals surface area contributed by atoms with Gasteiger partial charge in [-0.25, -0.2) is 22.5 Å². The van der Waals surface area contributed by atoms with Gasteiger partial charge >= 0.3 is 0 Å². The van der Waals surface area contributed by atoms with Crippen LogP contribution < -0.4 is 0 Å². The van der Waals surface area contributed by atoms with Crippen LogP contribution in [-0.2, 0) is 21.3 Å². The number of sulfone groups is 1. The molecule has 1 amide bonds. The summed E-state index contributed by atoms with van der Waals surface area (Å²) in [6.45, 7) is 1.19. The van der Waals surface area contributed by atoms with Gasteiger partial charge in [0, 0.05) is 40.3 Å². The van der Waals surface area contributed by atoms with Gasteiger partial charge in [0.1, 0.15) is 5.01 Å². The molecule has 1 aliphatic rings. The molecule has 4 aromatic rings. The van der Waals surface area contributed by atoms with Crippen molar-refractivity contribution in [1.82, 2.24) is 19.7 Å². The fourth-order valence-corrected chi connectivity index (χ4v) is 7.47. The number of hydrogen-bond acceptors (Lipinski definition) is 6. The molecule has 12 heteroatoms. The molecule has 1 atom stereocenters. The molecule has 0 radical (unpaired) electrons. The lowest BCUT2D eigenvalue weighted by molar-refractivity contribution is 0.0666. The highest BCUT2D eigenvalue weighted by molar-refractivity contribution is 9.10. The van der Waals surface area contributed by atoms with Crippen molar-refractivity contribution in [3.63, 3.8) is 0 Å². The van der Waals surface area contributed by atoms with Crippen molar-refractivity contribution in [2.45, 2.75) is 18.3 Å². The first-order valence-corrected chi connectivity index (χ1v) is 14.9. The number of thiazole rings is 1. The average Bonchev–Trinajstić information content (AvgIpc) is 3.52. The Morgan fingerprint density at radius 3 is 2.76 bits per heavy atom. The van der Waals surface area contributed by atoms with Crippen LogP contribution in [0.5, 0.6) is 0 Å². The molecule has 2 aromatic carbocycles. The van der Waals surface area contributed by atoms with Crippen molar-refractivity contribution < 1.29 is 17.6 Å². The van der Waals surface area contributed by atoms with Crippen molar-refractivity contribution in [1.29, 1.82) is 0 Å². The lowest BCUT2D eigenvalue weighted by Crippen LogP contribution is -2.53. The van der Waals surface area contributed by atoms with Crippen LogP contribution in [0.25, 0.3) is 5.69 Å². The Labute approximate surface area is 231 Å². The number of carbonyl (C=O) groups excluding carboxylic acids is 1.